The molecule has 0 aliphatic rings. The molecule has 0 radical (unpaired) electrons. The normalized spacial score (nSPS) is 10.3. The van der Waals surface area contributed by atoms with Gasteiger partial charge < -0.3 is 10.5 Å². The smallest absolute Gasteiger partial charge is 0.223 e. The predicted molar refractivity (Wildman–Crippen MR) is 63.1 cm³/mol. The second-order valence-electron chi connectivity index (χ2n) is 3.64. The van der Waals surface area contributed by atoms with E-state index in [0.717, 1.165) is 5.56 Å². The van der Waals surface area contributed by atoms with Crippen molar-refractivity contribution in [3.05, 3.63) is 35.6 Å². The number of anilines is 1. The average Bonchev–Trinajstić information content (AvgIpc) is 2.31. The molecule has 2 aromatic rings. The molecule has 4 nitrogen and oxygen atoms in total. The van der Waals surface area contributed by atoms with E-state index in [2.05, 4.69) is 9.97 Å². The van der Waals surface area contributed by atoms with Crippen molar-refractivity contribution in [3.63, 3.8) is 0 Å². The molecule has 0 bridgehead atoms. The van der Waals surface area contributed by atoms with Crippen molar-refractivity contribution in [2.75, 3.05) is 12.8 Å². The molecule has 0 fully saturated rings. The lowest BCUT2D eigenvalue weighted by atomic mass is 10.1. The molecule has 2 rings (SSSR count). The summed E-state index contributed by atoms with van der Waals surface area (Å²) in [6.45, 7) is 1.88. The average molecular weight is 233 g/mol. The Morgan fingerprint density at radius 1 is 1.24 bits per heavy atom. The highest BCUT2D eigenvalue weighted by atomic mass is 19.1. The van der Waals surface area contributed by atoms with Crippen LogP contribution in [0.1, 0.15) is 5.56 Å². The van der Waals surface area contributed by atoms with Gasteiger partial charge in [0.15, 0.2) is 0 Å². The van der Waals surface area contributed by atoms with Crippen LogP contribution in [0.2, 0.25) is 0 Å². The van der Waals surface area contributed by atoms with E-state index >= 15 is 0 Å². The van der Waals surface area contributed by atoms with Gasteiger partial charge in [-0.25, -0.2) is 9.37 Å². The summed E-state index contributed by atoms with van der Waals surface area (Å²) >= 11 is 0. The van der Waals surface area contributed by atoms with E-state index < -0.39 is 0 Å². The number of benzene rings is 1. The molecule has 88 valence electrons. The Bertz CT molecular complexity index is 557. The van der Waals surface area contributed by atoms with E-state index in [1.54, 1.807) is 18.2 Å². The fourth-order valence-corrected chi connectivity index (χ4v) is 1.52. The number of nitrogen functional groups attached to an aromatic ring is 1. The minimum atomic E-state index is -0.351. The highest BCUT2D eigenvalue weighted by Crippen LogP contribution is 2.25. The van der Waals surface area contributed by atoms with E-state index in [0.29, 0.717) is 17.1 Å². The first kappa shape index (κ1) is 11.3. The first-order valence-electron chi connectivity index (χ1n) is 5.05. The topological polar surface area (TPSA) is 61.0 Å². The summed E-state index contributed by atoms with van der Waals surface area (Å²) in [4.78, 5) is 7.85. The molecule has 1 aromatic carbocycles. The van der Waals surface area contributed by atoms with Gasteiger partial charge in [-0.3, -0.25) is 0 Å². The summed E-state index contributed by atoms with van der Waals surface area (Å²) in [5.74, 6) is 0.0180. The van der Waals surface area contributed by atoms with Gasteiger partial charge in [-0.2, -0.15) is 4.98 Å². The van der Waals surface area contributed by atoms with Crippen molar-refractivity contribution in [1.29, 1.82) is 0 Å². The zero-order valence-electron chi connectivity index (χ0n) is 9.57. The van der Waals surface area contributed by atoms with Crippen LogP contribution in [0.3, 0.4) is 0 Å². The zero-order valence-corrected chi connectivity index (χ0v) is 9.57. The van der Waals surface area contributed by atoms with Crippen LogP contribution < -0.4 is 10.5 Å². The maximum Gasteiger partial charge on any atom is 0.223 e. The number of nitrogens with two attached hydrogens (primary N) is 1. The Balaban J connectivity index is 2.59. The number of ether oxygens (including phenoxy) is 1. The summed E-state index contributed by atoms with van der Waals surface area (Å²) in [7, 11) is 1.47. The number of methoxy groups -OCH3 is 1. The second kappa shape index (κ2) is 4.37. The van der Waals surface area contributed by atoms with E-state index in [-0.39, 0.29) is 11.8 Å². The van der Waals surface area contributed by atoms with Gasteiger partial charge in [-0.15, -0.1) is 0 Å². The van der Waals surface area contributed by atoms with Crippen molar-refractivity contribution in [2.45, 2.75) is 6.92 Å². The highest BCUT2D eigenvalue weighted by Gasteiger charge is 2.10. The molecule has 0 unspecified atom stereocenters. The van der Waals surface area contributed by atoms with Gasteiger partial charge in [-0.05, 0) is 19.1 Å². The number of nitrogens with zero attached hydrogens (tertiary/aromatic N) is 2. The van der Waals surface area contributed by atoms with Crippen LogP contribution in [0.15, 0.2) is 24.3 Å². The van der Waals surface area contributed by atoms with E-state index in [1.165, 1.54) is 13.2 Å². The second-order valence-corrected chi connectivity index (χ2v) is 3.64. The maximum absolute atomic E-state index is 13.7. The van der Waals surface area contributed by atoms with Crippen LogP contribution in [0.25, 0.3) is 11.3 Å². The Labute approximate surface area is 98.3 Å². The van der Waals surface area contributed by atoms with Crippen LogP contribution in [-0.2, 0) is 0 Å². The third-order valence-electron chi connectivity index (χ3n) is 2.33. The van der Waals surface area contributed by atoms with Crippen LogP contribution in [0.4, 0.5) is 10.3 Å². The molecule has 1 heterocycles. The molecule has 5 heteroatoms. The first-order chi connectivity index (χ1) is 8.10. The van der Waals surface area contributed by atoms with Crippen molar-refractivity contribution >= 4 is 5.95 Å². The number of hydrogen-bond acceptors (Lipinski definition) is 4. The summed E-state index contributed by atoms with van der Waals surface area (Å²) in [5, 5.41) is 0. The Morgan fingerprint density at radius 2 is 2.00 bits per heavy atom. The van der Waals surface area contributed by atoms with Crippen LogP contribution in [0.5, 0.6) is 5.88 Å². The molecule has 17 heavy (non-hydrogen) atoms. The zero-order chi connectivity index (χ0) is 12.4. The van der Waals surface area contributed by atoms with E-state index in [4.69, 9.17) is 10.5 Å². The number of hydrogen-bond donors (Lipinski definition) is 1. The first-order valence-corrected chi connectivity index (χ1v) is 5.05. The fraction of sp³-hybridized carbons (Fsp3) is 0.167. The lowest BCUT2D eigenvalue weighted by Crippen LogP contribution is -2.00. The monoisotopic (exact) mass is 233 g/mol. The lowest BCUT2D eigenvalue weighted by molar-refractivity contribution is 0.398. The van der Waals surface area contributed by atoms with E-state index in [1.807, 2.05) is 6.92 Å². The van der Waals surface area contributed by atoms with Crippen molar-refractivity contribution in [1.82, 2.24) is 9.97 Å². The summed E-state index contributed by atoms with van der Waals surface area (Å²) in [6.07, 6.45) is 0. The van der Waals surface area contributed by atoms with Gasteiger partial charge in [0.2, 0.25) is 11.8 Å². The fourth-order valence-electron chi connectivity index (χ4n) is 1.52. The molecule has 0 saturated carbocycles. The van der Waals surface area contributed by atoms with Gasteiger partial charge in [0.1, 0.15) is 5.82 Å². The van der Waals surface area contributed by atoms with Gasteiger partial charge in [0.05, 0.1) is 12.8 Å². The standard InChI is InChI=1S/C12H12FN3O/c1-7-3-4-9(13)8(5-7)10-6-11(17-2)16-12(14)15-10/h3-6H,1-2H3,(H2,14,15,16). The molecule has 0 amide bonds. The van der Waals surface area contributed by atoms with Gasteiger partial charge >= 0.3 is 0 Å². The molecule has 2 N–H and O–H groups in total. The Morgan fingerprint density at radius 3 is 2.71 bits per heavy atom. The van der Waals surface area contributed by atoms with Crippen molar-refractivity contribution in [3.8, 4) is 17.1 Å². The molecule has 0 saturated heterocycles. The van der Waals surface area contributed by atoms with Crippen LogP contribution in [0, 0.1) is 12.7 Å². The number of aryl methyl sites for hydroxylation is 1. The Hall–Kier alpha value is -2.17. The number of halogens is 1. The van der Waals surface area contributed by atoms with E-state index in [9.17, 15) is 4.39 Å². The van der Waals surface area contributed by atoms with Gasteiger partial charge in [0, 0.05) is 11.6 Å². The van der Waals surface area contributed by atoms with Crippen LogP contribution >= 0.6 is 0 Å². The minimum absolute atomic E-state index is 0.0558. The summed E-state index contributed by atoms with van der Waals surface area (Å²) in [5.41, 5.74) is 7.28. The highest BCUT2D eigenvalue weighted by molar-refractivity contribution is 5.62. The molecule has 0 aliphatic heterocycles. The van der Waals surface area contributed by atoms with Crippen molar-refractivity contribution in [2.24, 2.45) is 0 Å². The maximum atomic E-state index is 13.7. The summed E-state index contributed by atoms with van der Waals surface area (Å²) in [6, 6.07) is 6.35. The third-order valence-corrected chi connectivity index (χ3v) is 2.33. The number of rotatable bonds is 2. The lowest BCUT2D eigenvalue weighted by Gasteiger charge is -2.06. The van der Waals surface area contributed by atoms with Crippen molar-refractivity contribution < 1.29 is 9.13 Å². The molecular formula is C12H12FN3O. The van der Waals surface area contributed by atoms with Crippen LogP contribution in [-0.4, -0.2) is 17.1 Å². The largest absolute Gasteiger partial charge is 0.481 e. The molecule has 0 spiro atoms. The molecular weight excluding hydrogens is 221 g/mol. The minimum Gasteiger partial charge on any atom is -0.481 e. The van der Waals surface area contributed by atoms with Gasteiger partial charge in [-0.1, -0.05) is 11.6 Å². The quantitative estimate of drug-likeness (QED) is 0.863. The molecule has 0 aliphatic carbocycles. The number of aromatic nitrogens is 2. The SMILES string of the molecule is COc1cc(-c2cc(C)ccc2F)nc(N)n1. The molecule has 1 aromatic heterocycles. The third kappa shape index (κ3) is 2.33. The molecule has 0 atom stereocenters. The summed E-state index contributed by atoms with van der Waals surface area (Å²) < 4.78 is 18.7. The predicted octanol–water partition coefficient (Wildman–Crippen LogP) is 2.18. The van der Waals surface area contributed by atoms with Gasteiger partial charge in [0.25, 0.3) is 0 Å². The Kier molecular flexibility index (Phi) is 2.91.